The lowest BCUT2D eigenvalue weighted by Gasteiger charge is -2.36. The lowest BCUT2D eigenvalue weighted by atomic mass is 9.88. The van der Waals surface area contributed by atoms with Crippen molar-refractivity contribution in [3.05, 3.63) is 35.6 Å². The molecule has 0 unspecified atom stereocenters. The van der Waals surface area contributed by atoms with Crippen molar-refractivity contribution in [1.82, 2.24) is 4.90 Å². The van der Waals surface area contributed by atoms with E-state index in [2.05, 4.69) is 0 Å². The summed E-state index contributed by atoms with van der Waals surface area (Å²) in [5.74, 6) is -1.51. The summed E-state index contributed by atoms with van der Waals surface area (Å²) >= 11 is 1.51. The third kappa shape index (κ3) is 3.37. The van der Waals surface area contributed by atoms with E-state index in [9.17, 15) is 19.1 Å². The number of carbonyl (C=O) groups is 2. The zero-order valence-electron chi connectivity index (χ0n) is 12.7. The van der Waals surface area contributed by atoms with E-state index in [0.29, 0.717) is 11.7 Å². The summed E-state index contributed by atoms with van der Waals surface area (Å²) < 4.78 is 13.4. The molecule has 4 nitrogen and oxygen atoms in total. The molecule has 1 aromatic rings. The summed E-state index contributed by atoms with van der Waals surface area (Å²) in [6, 6.07) is 4.48. The summed E-state index contributed by atoms with van der Waals surface area (Å²) in [7, 11) is 0. The highest BCUT2D eigenvalue weighted by Gasteiger charge is 2.42. The van der Waals surface area contributed by atoms with Crippen molar-refractivity contribution in [2.75, 3.05) is 5.75 Å². The first kappa shape index (κ1) is 16.3. The van der Waals surface area contributed by atoms with E-state index in [1.165, 1.54) is 41.3 Å². The van der Waals surface area contributed by atoms with E-state index < -0.39 is 23.7 Å². The average Bonchev–Trinajstić information content (AvgIpc) is 3.00. The fraction of sp³-hybridized carbons (Fsp3) is 0.529. The molecular weight excluding hydrogens is 317 g/mol. The van der Waals surface area contributed by atoms with Crippen molar-refractivity contribution >= 4 is 23.6 Å². The van der Waals surface area contributed by atoms with Gasteiger partial charge >= 0.3 is 0 Å². The van der Waals surface area contributed by atoms with E-state index in [-0.39, 0.29) is 10.9 Å². The van der Waals surface area contributed by atoms with Crippen LogP contribution in [0.3, 0.4) is 0 Å². The maximum atomic E-state index is 13.4. The number of hydrogen-bond acceptors (Lipinski definition) is 4. The number of aliphatic carboxylic acids is 1. The number of carboxylic acids is 1. The molecule has 1 saturated heterocycles. The Kier molecular flexibility index (Phi) is 4.90. The van der Waals surface area contributed by atoms with Gasteiger partial charge < -0.3 is 14.8 Å². The molecule has 2 fully saturated rings. The van der Waals surface area contributed by atoms with E-state index in [1.807, 2.05) is 0 Å². The van der Waals surface area contributed by atoms with E-state index in [1.54, 1.807) is 0 Å². The lowest BCUT2D eigenvalue weighted by Crippen LogP contribution is -2.52. The Balaban J connectivity index is 1.88. The number of nitrogens with zero attached hydrogens (tertiary/aromatic N) is 1. The van der Waals surface area contributed by atoms with Crippen LogP contribution in [0.5, 0.6) is 0 Å². The summed E-state index contributed by atoms with van der Waals surface area (Å²) in [5.41, 5.74) is 0.194. The molecule has 3 rings (SSSR count). The molecule has 1 aliphatic carbocycles. The zero-order valence-corrected chi connectivity index (χ0v) is 13.6. The van der Waals surface area contributed by atoms with Crippen LogP contribution in [0.25, 0.3) is 0 Å². The Labute approximate surface area is 139 Å². The van der Waals surface area contributed by atoms with E-state index in [0.717, 1.165) is 31.7 Å². The van der Waals surface area contributed by atoms with Crippen molar-refractivity contribution in [2.24, 2.45) is 5.92 Å². The highest BCUT2D eigenvalue weighted by molar-refractivity contribution is 8.00. The van der Waals surface area contributed by atoms with Crippen LogP contribution in [-0.4, -0.2) is 33.9 Å². The SMILES string of the molecule is O=C([O-])[C@@H]1CS[C@@H](C2CCCCC2)N1C(=O)c1cccc(F)c1. The molecule has 1 aliphatic heterocycles. The Hall–Kier alpha value is -1.56. The first-order valence-corrected chi connectivity index (χ1v) is 9.03. The van der Waals surface area contributed by atoms with Gasteiger partial charge in [-0.3, -0.25) is 4.79 Å². The number of amides is 1. The molecule has 124 valence electrons. The number of rotatable bonds is 3. The zero-order chi connectivity index (χ0) is 16.4. The number of halogens is 1. The van der Waals surface area contributed by atoms with Gasteiger partial charge in [-0.05, 0) is 37.0 Å². The first-order valence-electron chi connectivity index (χ1n) is 7.98. The van der Waals surface area contributed by atoms with Gasteiger partial charge in [0.2, 0.25) is 0 Å². The Bertz CT molecular complexity index is 603. The molecule has 2 atom stereocenters. The minimum absolute atomic E-state index is 0.158. The molecule has 1 aromatic carbocycles. The van der Waals surface area contributed by atoms with Crippen LogP contribution in [0.4, 0.5) is 4.39 Å². The van der Waals surface area contributed by atoms with Gasteiger partial charge in [-0.2, -0.15) is 0 Å². The maximum absolute atomic E-state index is 13.4. The van der Waals surface area contributed by atoms with Crippen LogP contribution >= 0.6 is 11.8 Å². The summed E-state index contributed by atoms with van der Waals surface area (Å²) in [5, 5.41) is 11.3. The monoisotopic (exact) mass is 336 g/mol. The molecular formula is C17H19FNO3S-. The number of benzene rings is 1. The normalized spacial score (nSPS) is 25.5. The molecule has 1 amide bonds. The Morgan fingerprint density at radius 2 is 1.96 bits per heavy atom. The van der Waals surface area contributed by atoms with Crippen LogP contribution < -0.4 is 5.11 Å². The van der Waals surface area contributed by atoms with Crippen molar-refractivity contribution in [2.45, 2.75) is 43.5 Å². The molecule has 6 heteroatoms. The molecule has 1 heterocycles. The highest BCUT2D eigenvalue weighted by atomic mass is 32.2. The number of carbonyl (C=O) groups excluding carboxylic acids is 2. The summed E-state index contributed by atoms with van der Waals surface area (Å²) in [6.45, 7) is 0. The standard InChI is InChI=1S/C17H20FNO3S/c18-13-8-4-7-12(9-13)15(20)19-14(17(21)22)10-23-16(19)11-5-2-1-3-6-11/h4,7-9,11,14,16H,1-3,5-6,10H2,(H,21,22)/p-1/t14-,16-/m0/s1. The molecule has 0 N–H and O–H groups in total. The average molecular weight is 336 g/mol. The van der Waals surface area contributed by atoms with Gasteiger partial charge in [0.05, 0.1) is 17.4 Å². The second-order valence-corrected chi connectivity index (χ2v) is 7.33. The van der Waals surface area contributed by atoms with Gasteiger partial charge in [0, 0.05) is 11.3 Å². The molecule has 1 saturated carbocycles. The van der Waals surface area contributed by atoms with Crippen molar-refractivity contribution in [3.8, 4) is 0 Å². The lowest BCUT2D eigenvalue weighted by molar-refractivity contribution is -0.310. The number of hydrogen-bond donors (Lipinski definition) is 0. The van der Waals surface area contributed by atoms with Gasteiger partial charge in [0.1, 0.15) is 5.82 Å². The molecule has 0 bridgehead atoms. The molecule has 2 aliphatic rings. The van der Waals surface area contributed by atoms with Gasteiger partial charge in [0.15, 0.2) is 0 Å². The second-order valence-electron chi connectivity index (χ2n) is 6.18. The molecule has 0 aromatic heterocycles. The van der Waals surface area contributed by atoms with Gasteiger partial charge in [-0.1, -0.05) is 25.3 Å². The van der Waals surface area contributed by atoms with Crippen molar-refractivity contribution in [3.63, 3.8) is 0 Å². The fourth-order valence-electron chi connectivity index (χ4n) is 3.52. The molecule has 0 spiro atoms. The summed E-state index contributed by atoms with van der Waals surface area (Å²) in [4.78, 5) is 25.7. The minimum Gasteiger partial charge on any atom is -0.548 e. The van der Waals surface area contributed by atoms with Crippen LogP contribution in [0.15, 0.2) is 24.3 Å². The van der Waals surface area contributed by atoms with Crippen LogP contribution in [-0.2, 0) is 4.79 Å². The highest BCUT2D eigenvalue weighted by Crippen LogP contribution is 2.41. The van der Waals surface area contributed by atoms with Crippen molar-refractivity contribution < 1.29 is 19.1 Å². The first-order chi connectivity index (χ1) is 11.1. The molecule has 0 radical (unpaired) electrons. The van der Waals surface area contributed by atoms with Crippen molar-refractivity contribution in [1.29, 1.82) is 0 Å². The van der Waals surface area contributed by atoms with Gasteiger partial charge in [-0.25, -0.2) is 4.39 Å². The van der Waals surface area contributed by atoms with Crippen LogP contribution in [0, 0.1) is 11.7 Å². The Morgan fingerprint density at radius 3 is 2.61 bits per heavy atom. The Morgan fingerprint density at radius 1 is 1.22 bits per heavy atom. The minimum atomic E-state index is -1.24. The quantitative estimate of drug-likeness (QED) is 0.847. The predicted octanol–water partition coefficient (Wildman–Crippen LogP) is 2.04. The predicted molar refractivity (Wildman–Crippen MR) is 84.2 cm³/mol. The second kappa shape index (κ2) is 6.91. The van der Waals surface area contributed by atoms with Crippen LogP contribution in [0.2, 0.25) is 0 Å². The fourth-order valence-corrected chi connectivity index (χ4v) is 5.14. The van der Waals surface area contributed by atoms with Gasteiger partial charge in [0.25, 0.3) is 5.91 Å². The maximum Gasteiger partial charge on any atom is 0.255 e. The topological polar surface area (TPSA) is 60.4 Å². The number of carboxylic acid groups (broad SMARTS) is 1. The summed E-state index contributed by atoms with van der Waals surface area (Å²) in [6.07, 6.45) is 5.42. The van der Waals surface area contributed by atoms with Crippen LogP contribution in [0.1, 0.15) is 42.5 Å². The van der Waals surface area contributed by atoms with Gasteiger partial charge in [-0.15, -0.1) is 11.8 Å². The molecule has 23 heavy (non-hydrogen) atoms. The van der Waals surface area contributed by atoms with E-state index in [4.69, 9.17) is 0 Å². The smallest absolute Gasteiger partial charge is 0.255 e. The third-order valence-electron chi connectivity index (χ3n) is 4.67. The number of thioether (sulfide) groups is 1. The van der Waals surface area contributed by atoms with E-state index >= 15 is 0 Å². The largest absolute Gasteiger partial charge is 0.548 e. The third-order valence-corrected chi connectivity index (χ3v) is 6.13.